The molecule has 0 spiro atoms. The normalized spacial score (nSPS) is 12.4. The highest BCUT2D eigenvalue weighted by Gasteiger charge is 2.09. The Morgan fingerprint density at radius 1 is 1.24 bits per heavy atom. The fourth-order valence-corrected chi connectivity index (χ4v) is 2.46. The van der Waals surface area contributed by atoms with E-state index in [2.05, 4.69) is 17.2 Å². The molecule has 3 rings (SSSR count). The predicted molar refractivity (Wildman–Crippen MR) is 86.3 cm³/mol. The number of nitrogens with one attached hydrogen (secondary N) is 1. The lowest BCUT2D eigenvalue weighted by molar-refractivity contribution is 0.495. The van der Waals surface area contributed by atoms with E-state index in [4.69, 9.17) is 10.2 Å². The second kappa shape index (κ2) is 5.87. The third-order valence-corrected chi connectivity index (χ3v) is 3.61. The van der Waals surface area contributed by atoms with Gasteiger partial charge in [-0.2, -0.15) is 0 Å². The summed E-state index contributed by atoms with van der Waals surface area (Å²) in [6, 6.07) is 12.1. The van der Waals surface area contributed by atoms with Gasteiger partial charge in [0.2, 0.25) is 0 Å². The number of fused-ring (bicyclic) bond motifs is 1. The Balaban J connectivity index is 1.74. The number of aryl methyl sites for hydroxylation is 1. The van der Waals surface area contributed by atoms with Crippen LogP contribution in [-0.2, 0) is 6.42 Å². The Bertz CT molecular complexity index is 722. The van der Waals surface area contributed by atoms with Crippen molar-refractivity contribution in [3.05, 3.63) is 54.6 Å². The van der Waals surface area contributed by atoms with Crippen LogP contribution in [-0.4, -0.2) is 11.0 Å². The molecule has 0 fully saturated rings. The summed E-state index contributed by atoms with van der Waals surface area (Å²) in [5, 5.41) is 4.50. The number of benzene rings is 1. The monoisotopic (exact) mass is 281 g/mol. The summed E-state index contributed by atoms with van der Waals surface area (Å²) in [5.74, 6) is 1.02. The van der Waals surface area contributed by atoms with Crippen molar-refractivity contribution in [2.24, 2.45) is 0 Å². The maximum absolute atomic E-state index is 6.00. The van der Waals surface area contributed by atoms with Gasteiger partial charge in [0.1, 0.15) is 5.76 Å². The Hall–Kier alpha value is -2.49. The Kier molecular flexibility index (Phi) is 3.77. The Morgan fingerprint density at radius 3 is 2.95 bits per heavy atom. The van der Waals surface area contributed by atoms with Crippen LogP contribution in [0.25, 0.3) is 10.9 Å². The third kappa shape index (κ3) is 2.99. The van der Waals surface area contributed by atoms with Crippen molar-refractivity contribution >= 4 is 22.3 Å². The van der Waals surface area contributed by atoms with Crippen LogP contribution < -0.4 is 11.1 Å². The third-order valence-electron chi connectivity index (χ3n) is 3.61. The van der Waals surface area contributed by atoms with Crippen LogP contribution in [0.2, 0.25) is 0 Å². The number of nitrogens with zero attached hydrogens (tertiary/aromatic N) is 1. The molecular weight excluding hydrogens is 262 g/mol. The lowest BCUT2D eigenvalue weighted by atomic mass is 10.1. The number of pyridine rings is 1. The number of anilines is 2. The number of nitrogens with two attached hydrogens (primary N) is 1. The molecule has 3 aromatic rings. The van der Waals surface area contributed by atoms with E-state index < -0.39 is 0 Å². The van der Waals surface area contributed by atoms with E-state index >= 15 is 0 Å². The standard InChI is InChI=1S/C17H19N3O/c1-12(6-7-13-4-3-11-21-13)20-16-9-8-15(18)14-5-2-10-19-17(14)16/h2-5,8-12,20H,6-7,18H2,1H3. The van der Waals surface area contributed by atoms with Crippen LogP contribution in [0.4, 0.5) is 11.4 Å². The molecule has 4 heteroatoms. The van der Waals surface area contributed by atoms with Crippen molar-refractivity contribution in [1.29, 1.82) is 0 Å². The minimum Gasteiger partial charge on any atom is -0.469 e. The van der Waals surface area contributed by atoms with Crippen LogP contribution in [0.5, 0.6) is 0 Å². The number of rotatable bonds is 5. The molecule has 1 atom stereocenters. The fourth-order valence-electron chi connectivity index (χ4n) is 2.46. The quantitative estimate of drug-likeness (QED) is 0.697. The molecule has 2 aromatic heterocycles. The van der Waals surface area contributed by atoms with Crippen molar-refractivity contribution in [3.63, 3.8) is 0 Å². The highest BCUT2D eigenvalue weighted by molar-refractivity contribution is 5.98. The van der Waals surface area contributed by atoms with Crippen LogP contribution in [0.15, 0.2) is 53.3 Å². The SMILES string of the molecule is CC(CCc1ccco1)Nc1ccc(N)c2cccnc12. The molecule has 0 bridgehead atoms. The lowest BCUT2D eigenvalue weighted by Crippen LogP contribution is -2.16. The zero-order valence-corrected chi connectivity index (χ0v) is 12.0. The van der Waals surface area contributed by atoms with E-state index in [9.17, 15) is 0 Å². The van der Waals surface area contributed by atoms with Gasteiger partial charge in [0.25, 0.3) is 0 Å². The van der Waals surface area contributed by atoms with E-state index in [-0.39, 0.29) is 0 Å². The lowest BCUT2D eigenvalue weighted by Gasteiger charge is -2.16. The van der Waals surface area contributed by atoms with Gasteiger partial charge in [0.05, 0.1) is 17.5 Å². The first-order valence-corrected chi connectivity index (χ1v) is 7.16. The van der Waals surface area contributed by atoms with Gasteiger partial charge in [-0.3, -0.25) is 4.98 Å². The van der Waals surface area contributed by atoms with E-state index in [0.29, 0.717) is 6.04 Å². The van der Waals surface area contributed by atoms with Gasteiger partial charge in [0.15, 0.2) is 0 Å². The van der Waals surface area contributed by atoms with Crippen molar-refractivity contribution in [2.75, 3.05) is 11.1 Å². The Labute approximate surface area is 124 Å². The zero-order chi connectivity index (χ0) is 14.7. The molecule has 0 aliphatic rings. The molecule has 108 valence electrons. The first-order valence-electron chi connectivity index (χ1n) is 7.16. The smallest absolute Gasteiger partial charge is 0.103 e. The summed E-state index contributed by atoms with van der Waals surface area (Å²) in [5.41, 5.74) is 8.69. The molecule has 0 saturated heterocycles. The molecule has 21 heavy (non-hydrogen) atoms. The highest BCUT2D eigenvalue weighted by Crippen LogP contribution is 2.27. The largest absolute Gasteiger partial charge is 0.469 e. The minimum absolute atomic E-state index is 0.323. The van der Waals surface area contributed by atoms with Gasteiger partial charge in [-0.1, -0.05) is 0 Å². The van der Waals surface area contributed by atoms with Crippen LogP contribution >= 0.6 is 0 Å². The number of nitrogen functional groups attached to an aromatic ring is 1. The van der Waals surface area contributed by atoms with Crippen molar-refractivity contribution in [2.45, 2.75) is 25.8 Å². The minimum atomic E-state index is 0.323. The molecule has 2 heterocycles. The summed E-state index contributed by atoms with van der Waals surface area (Å²) in [4.78, 5) is 4.44. The zero-order valence-electron chi connectivity index (χ0n) is 12.0. The summed E-state index contributed by atoms with van der Waals surface area (Å²) >= 11 is 0. The molecule has 1 aromatic carbocycles. The highest BCUT2D eigenvalue weighted by atomic mass is 16.3. The number of furan rings is 1. The number of aromatic nitrogens is 1. The van der Waals surface area contributed by atoms with Crippen molar-refractivity contribution < 1.29 is 4.42 Å². The first-order chi connectivity index (χ1) is 10.2. The van der Waals surface area contributed by atoms with E-state index in [0.717, 1.165) is 40.9 Å². The molecule has 1 unspecified atom stereocenters. The molecule has 4 nitrogen and oxygen atoms in total. The average Bonchev–Trinajstić information content (AvgIpc) is 3.02. The fraction of sp³-hybridized carbons (Fsp3) is 0.235. The first kappa shape index (κ1) is 13.5. The molecular formula is C17H19N3O. The second-order valence-electron chi connectivity index (χ2n) is 5.27. The maximum atomic E-state index is 6.00. The van der Waals surface area contributed by atoms with Crippen molar-refractivity contribution in [1.82, 2.24) is 4.98 Å². The van der Waals surface area contributed by atoms with Gasteiger partial charge < -0.3 is 15.5 Å². The second-order valence-corrected chi connectivity index (χ2v) is 5.27. The average molecular weight is 281 g/mol. The number of hydrogen-bond donors (Lipinski definition) is 2. The topological polar surface area (TPSA) is 64.1 Å². The van der Waals surface area contributed by atoms with E-state index in [1.165, 1.54) is 0 Å². The molecule has 0 radical (unpaired) electrons. The molecule has 0 aliphatic carbocycles. The number of hydrogen-bond acceptors (Lipinski definition) is 4. The summed E-state index contributed by atoms with van der Waals surface area (Å²) < 4.78 is 5.36. The van der Waals surface area contributed by atoms with Gasteiger partial charge >= 0.3 is 0 Å². The predicted octanol–water partition coefficient (Wildman–Crippen LogP) is 3.84. The van der Waals surface area contributed by atoms with Gasteiger partial charge in [0, 0.05) is 29.7 Å². The van der Waals surface area contributed by atoms with Gasteiger partial charge in [-0.05, 0) is 49.7 Å². The molecule has 0 saturated carbocycles. The molecule has 0 aliphatic heterocycles. The van der Waals surface area contributed by atoms with Crippen LogP contribution in [0.3, 0.4) is 0 Å². The van der Waals surface area contributed by atoms with Crippen LogP contribution in [0, 0.1) is 0 Å². The van der Waals surface area contributed by atoms with Crippen LogP contribution in [0.1, 0.15) is 19.1 Å². The van der Waals surface area contributed by atoms with E-state index in [1.54, 1.807) is 12.5 Å². The Morgan fingerprint density at radius 2 is 2.14 bits per heavy atom. The van der Waals surface area contributed by atoms with Crippen molar-refractivity contribution in [3.8, 4) is 0 Å². The summed E-state index contributed by atoms with van der Waals surface area (Å²) in [7, 11) is 0. The summed E-state index contributed by atoms with van der Waals surface area (Å²) in [6.45, 7) is 2.16. The van der Waals surface area contributed by atoms with E-state index in [1.807, 2.05) is 36.4 Å². The molecule has 0 amide bonds. The summed E-state index contributed by atoms with van der Waals surface area (Å²) in [6.07, 6.45) is 5.42. The van der Waals surface area contributed by atoms with Gasteiger partial charge in [-0.25, -0.2) is 0 Å². The molecule has 3 N–H and O–H groups in total. The van der Waals surface area contributed by atoms with Gasteiger partial charge in [-0.15, -0.1) is 0 Å². The maximum Gasteiger partial charge on any atom is 0.103 e.